The SMILES string of the molecule is c1ccc(-c2nc(-c3ccc(-c4cccc5c4oc4ccccc45)cc3)nc(-c3cccc4sc5c(-c6nc7ccccc7s6)cccc5c34)n2)cc1. The minimum Gasteiger partial charge on any atom is -0.455 e. The molecule has 0 spiro atoms. The van der Waals surface area contributed by atoms with Crippen molar-refractivity contribution in [3.8, 4) is 55.9 Å². The average Bonchev–Trinajstić information content (AvgIpc) is 3.94. The summed E-state index contributed by atoms with van der Waals surface area (Å²) in [5.74, 6) is 1.89. The van der Waals surface area contributed by atoms with Crippen LogP contribution in [0.25, 0.3) is 108 Å². The number of fused-ring (bicyclic) bond motifs is 7. The van der Waals surface area contributed by atoms with Crippen LogP contribution < -0.4 is 0 Å². The van der Waals surface area contributed by atoms with Crippen molar-refractivity contribution in [3.63, 3.8) is 0 Å². The fraction of sp³-hybridized carbons (Fsp3) is 0. The van der Waals surface area contributed by atoms with Crippen molar-refractivity contribution in [2.24, 2.45) is 0 Å². The Hall–Kier alpha value is -6.54. The number of rotatable bonds is 5. The molecule has 248 valence electrons. The highest BCUT2D eigenvalue weighted by atomic mass is 32.1. The normalized spacial score (nSPS) is 11.8. The monoisotopic (exact) mass is 714 g/mol. The van der Waals surface area contributed by atoms with E-state index in [1.54, 1.807) is 22.7 Å². The Morgan fingerprint density at radius 1 is 0.396 bits per heavy atom. The summed E-state index contributed by atoms with van der Waals surface area (Å²) in [6.45, 7) is 0. The molecular formula is C46H26N4OS2. The van der Waals surface area contributed by atoms with E-state index >= 15 is 0 Å². The molecule has 53 heavy (non-hydrogen) atoms. The van der Waals surface area contributed by atoms with Crippen LogP contribution in [-0.4, -0.2) is 19.9 Å². The van der Waals surface area contributed by atoms with Gasteiger partial charge in [-0.3, -0.25) is 0 Å². The molecule has 0 saturated carbocycles. The number of thiazole rings is 1. The fourth-order valence-corrected chi connectivity index (χ4v) is 9.61. The van der Waals surface area contributed by atoms with E-state index in [0.29, 0.717) is 17.5 Å². The molecule has 0 radical (unpaired) electrons. The third-order valence-corrected chi connectivity index (χ3v) is 12.1. The first-order valence-electron chi connectivity index (χ1n) is 17.4. The van der Waals surface area contributed by atoms with Gasteiger partial charge in [0.05, 0.1) is 10.2 Å². The highest BCUT2D eigenvalue weighted by Crippen LogP contribution is 2.45. The summed E-state index contributed by atoms with van der Waals surface area (Å²) in [5, 5.41) is 5.57. The number of hydrogen-bond donors (Lipinski definition) is 0. The Morgan fingerprint density at radius 2 is 1.02 bits per heavy atom. The molecule has 5 nitrogen and oxygen atoms in total. The summed E-state index contributed by atoms with van der Waals surface area (Å²) in [6.07, 6.45) is 0. The van der Waals surface area contributed by atoms with E-state index < -0.39 is 0 Å². The molecule has 7 heteroatoms. The predicted octanol–water partition coefficient (Wildman–Crippen LogP) is 13.1. The van der Waals surface area contributed by atoms with E-state index in [9.17, 15) is 0 Å². The van der Waals surface area contributed by atoms with Crippen LogP contribution >= 0.6 is 22.7 Å². The molecule has 0 aliphatic rings. The lowest BCUT2D eigenvalue weighted by Crippen LogP contribution is -2.00. The van der Waals surface area contributed by atoms with Crippen LogP contribution in [0.1, 0.15) is 0 Å². The van der Waals surface area contributed by atoms with Gasteiger partial charge in [0.1, 0.15) is 16.2 Å². The van der Waals surface area contributed by atoms with Gasteiger partial charge in [-0.15, -0.1) is 22.7 Å². The topological polar surface area (TPSA) is 64.7 Å². The lowest BCUT2D eigenvalue weighted by molar-refractivity contribution is 0.670. The standard InChI is InChI=1S/C46H26N4OS2/c1-2-11-28(12-3-1)43-48-44(29-25-23-27(24-26-29)30-14-8-15-32-31-13-4-6-20-37(31)51-41(30)32)50-45(49-43)34-17-10-22-39-40(34)33-16-9-18-35(42(33)52-39)46-47-36-19-5-7-21-38(36)53-46/h1-26H. The maximum absolute atomic E-state index is 6.35. The number of aromatic nitrogens is 4. The van der Waals surface area contributed by atoms with Crippen molar-refractivity contribution >= 4 is 75.0 Å². The van der Waals surface area contributed by atoms with Gasteiger partial charge in [-0.25, -0.2) is 19.9 Å². The second kappa shape index (κ2) is 12.0. The molecule has 4 heterocycles. The third-order valence-electron chi connectivity index (χ3n) is 9.81. The van der Waals surface area contributed by atoms with Crippen molar-refractivity contribution < 1.29 is 4.42 Å². The zero-order valence-electron chi connectivity index (χ0n) is 28.0. The molecule has 0 unspecified atom stereocenters. The van der Waals surface area contributed by atoms with Crippen LogP contribution in [0.15, 0.2) is 162 Å². The van der Waals surface area contributed by atoms with E-state index in [0.717, 1.165) is 71.2 Å². The smallest absolute Gasteiger partial charge is 0.164 e. The van der Waals surface area contributed by atoms with Gasteiger partial charge in [0.25, 0.3) is 0 Å². The molecule has 0 aliphatic carbocycles. The molecule has 0 atom stereocenters. The highest BCUT2D eigenvalue weighted by Gasteiger charge is 2.20. The van der Waals surface area contributed by atoms with E-state index in [4.69, 9.17) is 24.4 Å². The van der Waals surface area contributed by atoms with Gasteiger partial charge in [0.2, 0.25) is 0 Å². The van der Waals surface area contributed by atoms with E-state index in [1.165, 1.54) is 19.5 Å². The maximum Gasteiger partial charge on any atom is 0.164 e. The van der Waals surface area contributed by atoms with Gasteiger partial charge in [-0.2, -0.15) is 0 Å². The first kappa shape index (κ1) is 30.1. The van der Waals surface area contributed by atoms with Gasteiger partial charge >= 0.3 is 0 Å². The Morgan fingerprint density at radius 3 is 1.87 bits per heavy atom. The van der Waals surface area contributed by atoms with E-state index in [1.807, 2.05) is 54.6 Å². The van der Waals surface area contributed by atoms with Crippen molar-refractivity contribution in [1.29, 1.82) is 0 Å². The zero-order valence-corrected chi connectivity index (χ0v) is 29.7. The van der Waals surface area contributed by atoms with Gasteiger partial charge < -0.3 is 4.42 Å². The largest absolute Gasteiger partial charge is 0.455 e. The number of thiophene rings is 1. The summed E-state index contributed by atoms with van der Waals surface area (Å²) in [6, 6.07) is 54.3. The molecule has 7 aromatic carbocycles. The second-order valence-corrected chi connectivity index (χ2v) is 15.1. The molecule has 4 aromatic heterocycles. The van der Waals surface area contributed by atoms with E-state index in [2.05, 4.69) is 103 Å². The molecule has 0 aliphatic heterocycles. The Labute approximate surface area is 311 Å². The number of nitrogens with zero attached hydrogens (tertiary/aromatic N) is 4. The van der Waals surface area contributed by atoms with Crippen LogP contribution in [0.3, 0.4) is 0 Å². The predicted molar refractivity (Wildman–Crippen MR) is 220 cm³/mol. The number of hydrogen-bond acceptors (Lipinski definition) is 7. The number of benzene rings is 7. The summed E-state index contributed by atoms with van der Waals surface area (Å²) >= 11 is 3.53. The van der Waals surface area contributed by atoms with Crippen molar-refractivity contribution in [3.05, 3.63) is 158 Å². The third kappa shape index (κ3) is 4.97. The van der Waals surface area contributed by atoms with Crippen LogP contribution in [0.2, 0.25) is 0 Å². The molecule has 11 rings (SSSR count). The van der Waals surface area contributed by atoms with Crippen LogP contribution in [-0.2, 0) is 0 Å². The van der Waals surface area contributed by atoms with Crippen LogP contribution in [0.4, 0.5) is 0 Å². The molecule has 0 amide bonds. The minimum atomic E-state index is 0.619. The zero-order chi connectivity index (χ0) is 34.9. The Balaban J connectivity index is 1.06. The first-order chi connectivity index (χ1) is 26.2. The number of furan rings is 1. The van der Waals surface area contributed by atoms with Gasteiger partial charge in [0.15, 0.2) is 17.5 Å². The summed E-state index contributed by atoms with van der Waals surface area (Å²) in [4.78, 5) is 20.4. The van der Waals surface area contributed by atoms with Crippen molar-refractivity contribution in [1.82, 2.24) is 19.9 Å². The lowest BCUT2D eigenvalue weighted by Gasteiger charge is -2.10. The molecule has 0 fully saturated rings. The van der Waals surface area contributed by atoms with Gasteiger partial charge in [-0.05, 0) is 29.8 Å². The molecular weight excluding hydrogens is 689 g/mol. The van der Waals surface area contributed by atoms with Crippen molar-refractivity contribution in [2.45, 2.75) is 0 Å². The first-order valence-corrected chi connectivity index (χ1v) is 19.0. The van der Waals surface area contributed by atoms with Crippen molar-refractivity contribution in [2.75, 3.05) is 0 Å². The van der Waals surface area contributed by atoms with Crippen LogP contribution in [0, 0.1) is 0 Å². The van der Waals surface area contributed by atoms with E-state index in [-0.39, 0.29) is 0 Å². The average molecular weight is 715 g/mol. The summed E-state index contributed by atoms with van der Waals surface area (Å²) < 4.78 is 9.93. The quantitative estimate of drug-likeness (QED) is 0.178. The molecule has 0 bridgehead atoms. The maximum atomic E-state index is 6.35. The lowest BCUT2D eigenvalue weighted by atomic mass is 10.0. The molecule has 0 N–H and O–H groups in total. The summed E-state index contributed by atoms with van der Waals surface area (Å²) in [7, 11) is 0. The number of para-hydroxylation sites is 3. The minimum absolute atomic E-state index is 0.619. The Bertz CT molecular complexity index is 3150. The van der Waals surface area contributed by atoms with Gasteiger partial charge in [-0.1, -0.05) is 133 Å². The van der Waals surface area contributed by atoms with Gasteiger partial charge in [0, 0.05) is 58.8 Å². The van der Waals surface area contributed by atoms with Crippen LogP contribution in [0.5, 0.6) is 0 Å². The highest BCUT2D eigenvalue weighted by molar-refractivity contribution is 7.27. The second-order valence-electron chi connectivity index (χ2n) is 13.0. The Kier molecular flexibility index (Phi) is 6.83. The molecule has 11 aromatic rings. The molecule has 0 saturated heterocycles. The fourth-order valence-electron chi connectivity index (χ4n) is 7.31. The summed E-state index contributed by atoms with van der Waals surface area (Å²) in [5.41, 5.74) is 8.88.